The topological polar surface area (TPSA) is 18.5 Å². The van der Waals surface area contributed by atoms with Crippen LogP contribution in [0.4, 0.5) is 4.39 Å². The molecule has 0 aromatic rings. The molecule has 0 aromatic heterocycles. The van der Waals surface area contributed by atoms with Crippen LogP contribution in [0.3, 0.4) is 0 Å². The smallest absolute Gasteiger partial charge is 0.185 e. The minimum atomic E-state index is -0.580. The molecule has 8 heavy (non-hydrogen) atoms. The number of halogens is 1. The van der Waals surface area contributed by atoms with Crippen LogP contribution < -0.4 is 0 Å². The van der Waals surface area contributed by atoms with Gasteiger partial charge < -0.3 is 9.47 Å². The zero-order valence-electron chi connectivity index (χ0n) is 4.60. The van der Waals surface area contributed by atoms with Crippen LogP contribution in [0.25, 0.3) is 0 Å². The zero-order chi connectivity index (χ0) is 5.82. The van der Waals surface area contributed by atoms with Crippen LogP contribution in [-0.4, -0.2) is 26.2 Å². The van der Waals surface area contributed by atoms with Gasteiger partial charge in [0.1, 0.15) is 6.67 Å². The number of rotatable bonds is 1. The summed E-state index contributed by atoms with van der Waals surface area (Å²) in [5, 5.41) is 0. The third kappa shape index (κ3) is 1.42. The van der Waals surface area contributed by atoms with Gasteiger partial charge >= 0.3 is 0 Å². The molecular weight excluding hydrogens is 111 g/mol. The van der Waals surface area contributed by atoms with Gasteiger partial charge in [0, 0.05) is 0 Å². The Bertz CT molecular complexity index is 61.4. The molecule has 0 N–H and O–H groups in total. The SMILES string of the molecule is FCC1OCCCO1. The second kappa shape index (κ2) is 2.99. The Morgan fingerprint density at radius 2 is 2.00 bits per heavy atom. The van der Waals surface area contributed by atoms with E-state index in [2.05, 4.69) is 0 Å². The fraction of sp³-hybridized carbons (Fsp3) is 1.00. The molecule has 0 saturated carbocycles. The molecule has 0 bridgehead atoms. The minimum absolute atomic E-state index is 0.528. The first-order valence-electron chi connectivity index (χ1n) is 2.72. The molecule has 48 valence electrons. The predicted molar refractivity (Wildman–Crippen MR) is 26.3 cm³/mol. The Morgan fingerprint density at radius 1 is 1.38 bits per heavy atom. The van der Waals surface area contributed by atoms with E-state index in [0.29, 0.717) is 13.2 Å². The van der Waals surface area contributed by atoms with E-state index in [4.69, 9.17) is 9.47 Å². The molecule has 2 nitrogen and oxygen atoms in total. The Balaban J connectivity index is 2.13. The van der Waals surface area contributed by atoms with Gasteiger partial charge in [-0.25, -0.2) is 4.39 Å². The standard InChI is InChI=1S/C5H9FO2/c6-4-5-7-2-1-3-8-5/h5H,1-4H2. The van der Waals surface area contributed by atoms with Crippen LogP contribution in [-0.2, 0) is 9.47 Å². The molecule has 0 atom stereocenters. The largest absolute Gasteiger partial charge is 0.350 e. The van der Waals surface area contributed by atoms with Crippen molar-refractivity contribution in [3.8, 4) is 0 Å². The van der Waals surface area contributed by atoms with Crippen molar-refractivity contribution in [1.29, 1.82) is 0 Å². The van der Waals surface area contributed by atoms with Gasteiger partial charge in [0.15, 0.2) is 6.29 Å². The molecule has 0 aliphatic carbocycles. The number of alkyl halides is 1. The monoisotopic (exact) mass is 120 g/mol. The van der Waals surface area contributed by atoms with Crippen molar-refractivity contribution in [2.45, 2.75) is 12.7 Å². The average molecular weight is 120 g/mol. The van der Waals surface area contributed by atoms with E-state index in [1.165, 1.54) is 0 Å². The van der Waals surface area contributed by atoms with Crippen molar-refractivity contribution < 1.29 is 13.9 Å². The summed E-state index contributed by atoms with van der Waals surface area (Å²) in [4.78, 5) is 0. The maximum Gasteiger partial charge on any atom is 0.185 e. The van der Waals surface area contributed by atoms with Crippen molar-refractivity contribution in [3.05, 3.63) is 0 Å². The maximum atomic E-state index is 11.6. The lowest BCUT2D eigenvalue weighted by atomic mass is 10.4. The van der Waals surface area contributed by atoms with Crippen LogP contribution in [0.5, 0.6) is 0 Å². The Morgan fingerprint density at radius 3 is 2.38 bits per heavy atom. The lowest BCUT2D eigenvalue weighted by Crippen LogP contribution is -2.26. The van der Waals surface area contributed by atoms with Crippen molar-refractivity contribution in [3.63, 3.8) is 0 Å². The summed E-state index contributed by atoms with van der Waals surface area (Å²) >= 11 is 0. The molecule has 1 saturated heterocycles. The predicted octanol–water partition coefficient (Wildman–Crippen LogP) is 0.719. The third-order valence-electron chi connectivity index (χ3n) is 1.02. The van der Waals surface area contributed by atoms with E-state index in [9.17, 15) is 4.39 Å². The first kappa shape index (κ1) is 5.98. The van der Waals surface area contributed by atoms with Crippen molar-refractivity contribution in [2.24, 2.45) is 0 Å². The summed E-state index contributed by atoms with van der Waals surface area (Å²) in [6.07, 6.45) is 0.306. The summed E-state index contributed by atoms with van der Waals surface area (Å²) in [5.41, 5.74) is 0. The van der Waals surface area contributed by atoms with Crippen LogP contribution in [0.2, 0.25) is 0 Å². The maximum absolute atomic E-state index is 11.6. The van der Waals surface area contributed by atoms with Crippen LogP contribution in [0.15, 0.2) is 0 Å². The molecule has 1 fully saturated rings. The van der Waals surface area contributed by atoms with Gasteiger partial charge in [-0.15, -0.1) is 0 Å². The first-order chi connectivity index (χ1) is 3.93. The number of hydrogen-bond acceptors (Lipinski definition) is 2. The normalized spacial score (nSPS) is 23.6. The highest BCUT2D eigenvalue weighted by Crippen LogP contribution is 2.03. The summed E-state index contributed by atoms with van der Waals surface area (Å²) in [5.74, 6) is 0. The molecule has 0 spiro atoms. The molecule has 1 heterocycles. The van der Waals surface area contributed by atoms with Crippen LogP contribution >= 0.6 is 0 Å². The lowest BCUT2D eigenvalue weighted by molar-refractivity contribution is -0.184. The van der Waals surface area contributed by atoms with Gasteiger partial charge in [-0.1, -0.05) is 0 Å². The molecule has 0 radical (unpaired) electrons. The Labute approximate surface area is 47.6 Å². The van der Waals surface area contributed by atoms with Crippen molar-refractivity contribution >= 4 is 0 Å². The fourth-order valence-corrected chi connectivity index (χ4v) is 0.626. The van der Waals surface area contributed by atoms with Gasteiger partial charge in [-0.05, 0) is 6.42 Å². The highest BCUT2D eigenvalue weighted by molar-refractivity contribution is 4.47. The van der Waals surface area contributed by atoms with E-state index in [-0.39, 0.29) is 0 Å². The van der Waals surface area contributed by atoms with Crippen molar-refractivity contribution in [2.75, 3.05) is 19.9 Å². The van der Waals surface area contributed by atoms with Gasteiger partial charge in [0.25, 0.3) is 0 Å². The molecule has 1 aliphatic rings. The third-order valence-corrected chi connectivity index (χ3v) is 1.02. The summed E-state index contributed by atoms with van der Waals surface area (Å²) in [6.45, 7) is 0.739. The van der Waals surface area contributed by atoms with Gasteiger partial charge in [0.05, 0.1) is 13.2 Å². The zero-order valence-corrected chi connectivity index (χ0v) is 4.60. The van der Waals surface area contributed by atoms with E-state index in [0.717, 1.165) is 6.42 Å². The summed E-state index contributed by atoms with van der Waals surface area (Å²) < 4.78 is 21.3. The van der Waals surface area contributed by atoms with Crippen LogP contribution in [0.1, 0.15) is 6.42 Å². The van der Waals surface area contributed by atoms with E-state index in [1.54, 1.807) is 0 Å². The molecule has 3 heteroatoms. The second-order valence-corrected chi connectivity index (χ2v) is 1.68. The Kier molecular flexibility index (Phi) is 2.24. The highest BCUT2D eigenvalue weighted by Gasteiger charge is 2.12. The fourth-order valence-electron chi connectivity index (χ4n) is 0.626. The van der Waals surface area contributed by atoms with Gasteiger partial charge in [-0.2, -0.15) is 0 Å². The van der Waals surface area contributed by atoms with E-state index in [1.807, 2.05) is 0 Å². The highest BCUT2D eigenvalue weighted by atomic mass is 19.1. The van der Waals surface area contributed by atoms with Gasteiger partial charge in [-0.3, -0.25) is 0 Å². The van der Waals surface area contributed by atoms with E-state index < -0.39 is 13.0 Å². The molecular formula is C5H9FO2. The average Bonchev–Trinajstić information content (AvgIpc) is 1.90. The lowest BCUT2D eigenvalue weighted by Gasteiger charge is -2.19. The number of ether oxygens (including phenoxy) is 2. The molecule has 0 unspecified atom stereocenters. The minimum Gasteiger partial charge on any atom is -0.350 e. The van der Waals surface area contributed by atoms with Gasteiger partial charge in [0.2, 0.25) is 0 Å². The Hall–Kier alpha value is -0.150. The van der Waals surface area contributed by atoms with Crippen LogP contribution in [0, 0.1) is 0 Å². The summed E-state index contributed by atoms with van der Waals surface area (Å²) in [7, 11) is 0. The van der Waals surface area contributed by atoms with E-state index >= 15 is 0 Å². The molecule has 0 aromatic carbocycles. The summed E-state index contributed by atoms with van der Waals surface area (Å²) in [6, 6.07) is 0. The first-order valence-corrected chi connectivity index (χ1v) is 2.72. The molecule has 0 amide bonds. The molecule has 1 rings (SSSR count). The quantitative estimate of drug-likeness (QED) is 0.507. The number of hydrogen-bond donors (Lipinski definition) is 0. The second-order valence-electron chi connectivity index (χ2n) is 1.68. The van der Waals surface area contributed by atoms with Crippen molar-refractivity contribution in [1.82, 2.24) is 0 Å². The molecule has 1 aliphatic heterocycles.